The third-order valence-electron chi connectivity index (χ3n) is 2.05. The minimum atomic E-state index is -4.81. The standard InChI is InChI=1S/C9H4BrClF5NO3S/c10-3-1-4(12)5(6(13)7(3)21(11,19)20)8(18)17-2-9(14,15)16/h1H,2H2,(H,17,18). The van der Waals surface area contributed by atoms with E-state index in [4.69, 9.17) is 10.7 Å². The van der Waals surface area contributed by atoms with Gasteiger partial charge in [0.1, 0.15) is 22.8 Å². The van der Waals surface area contributed by atoms with Crippen molar-refractivity contribution in [1.82, 2.24) is 5.32 Å². The van der Waals surface area contributed by atoms with Crippen LogP contribution < -0.4 is 5.32 Å². The molecule has 1 N–H and O–H groups in total. The van der Waals surface area contributed by atoms with Gasteiger partial charge < -0.3 is 5.32 Å². The van der Waals surface area contributed by atoms with Crippen LogP contribution in [0.5, 0.6) is 0 Å². The number of hydrogen-bond donors (Lipinski definition) is 1. The van der Waals surface area contributed by atoms with Crippen LogP contribution in [-0.4, -0.2) is 27.0 Å². The van der Waals surface area contributed by atoms with Gasteiger partial charge in [0.15, 0.2) is 5.82 Å². The highest BCUT2D eigenvalue weighted by molar-refractivity contribution is 9.10. The topological polar surface area (TPSA) is 63.2 Å². The van der Waals surface area contributed by atoms with Crippen LogP contribution >= 0.6 is 26.6 Å². The molecule has 1 aromatic carbocycles. The second-order valence-corrected chi connectivity index (χ2v) is 6.95. The Balaban J connectivity index is 3.35. The molecule has 1 amide bonds. The minimum absolute atomic E-state index is 0.404. The first kappa shape index (κ1) is 18.1. The van der Waals surface area contributed by atoms with Crippen molar-refractivity contribution < 1.29 is 35.2 Å². The number of hydrogen-bond acceptors (Lipinski definition) is 3. The first-order chi connectivity index (χ1) is 9.34. The first-order valence-corrected chi connectivity index (χ1v) is 7.92. The zero-order valence-corrected chi connectivity index (χ0v) is 12.7. The maximum atomic E-state index is 13.9. The lowest BCUT2D eigenvalue weighted by Crippen LogP contribution is -2.35. The molecule has 0 aliphatic rings. The smallest absolute Gasteiger partial charge is 0.343 e. The molecule has 0 fully saturated rings. The molecule has 0 aliphatic heterocycles. The molecule has 21 heavy (non-hydrogen) atoms. The molecule has 0 aromatic heterocycles. The van der Waals surface area contributed by atoms with E-state index in [1.807, 2.05) is 0 Å². The molecule has 0 atom stereocenters. The fraction of sp³-hybridized carbons (Fsp3) is 0.222. The maximum Gasteiger partial charge on any atom is 0.405 e. The number of rotatable bonds is 3. The molecule has 118 valence electrons. The Morgan fingerprint density at radius 1 is 1.33 bits per heavy atom. The number of nitrogens with one attached hydrogen (secondary N) is 1. The van der Waals surface area contributed by atoms with Gasteiger partial charge in [-0.1, -0.05) is 0 Å². The molecule has 0 bridgehead atoms. The fourth-order valence-corrected chi connectivity index (χ4v) is 3.63. The first-order valence-electron chi connectivity index (χ1n) is 4.81. The van der Waals surface area contributed by atoms with Gasteiger partial charge in [-0.15, -0.1) is 0 Å². The van der Waals surface area contributed by atoms with Crippen molar-refractivity contribution in [3.05, 3.63) is 27.7 Å². The average Bonchev–Trinajstić information content (AvgIpc) is 2.22. The lowest BCUT2D eigenvalue weighted by atomic mass is 10.2. The van der Waals surface area contributed by atoms with Crippen LogP contribution in [0.15, 0.2) is 15.4 Å². The van der Waals surface area contributed by atoms with Crippen LogP contribution in [0, 0.1) is 11.6 Å². The van der Waals surface area contributed by atoms with E-state index in [1.165, 1.54) is 5.32 Å². The molecule has 0 aliphatic carbocycles. The summed E-state index contributed by atoms with van der Waals surface area (Å²) in [5.41, 5.74) is -1.48. The highest BCUT2D eigenvalue weighted by atomic mass is 79.9. The summed E-state index contributed by atoms with van der Waals surface area (Å²) in [6.45, 7) is -1.84. The van der Waals surface area contributed by atoms with Crippen molar-refractivity contribution in [1.29, 1.82) is 0 Å². The quantitative estimate of drug-likeness (QED) is 0.609. The second kappa shape index (κ2) is 6.05. The summed E-state index contributed by atoms with van der Waals surface area (Å²) in [6, 6.07) is 0.404. The van der Waals surface area contributed by atoms with Crippen LogP contribution in [-0.2, 0) is 9.05 Å². The molecule has 0 saturated heterocycles. The van der Waals surface area contributed by atoms with E-state index in [9.17, 15) is 35.2 Å². The summed E-state index contributed by atoms with van der Waals surface area (Å²) in [6.07, 6.45) is -4.81. The molecule has 0 saturated carbocycles. The highest BCUT2D eigenvalue weighted by Crippen LogP contribution is 2.31. The van der Waals surface area contributed by atoms with Crippen LogP contribution in [0.25, 0.3) is 0 Å². The van der Waals surface area contributed by atoms with Gasteiger partial charge in [0.2, 0.25) is 0 Å². The van der Waals surface area contributed by atoms with Crippen LogP contribution in [0.3, 0.4) is 0 Å². The van der Waals surface area contributed by atoms with Crippen molar-refractivity contribution in [3.8, 4) is 0 Å². The van der Waals surface area contributed by atoms with Gasteiger partial charge >= 0.3 is 6.18 Å². The van der Waals surface area contributed by atoms with Crippen LogP contribution in [0.2, 0.25) is 0 Å². The van der Waals surface area contributed by atoms with Gasteiger partial charge in [0.25, 0.3) is 15.0 Å². The predicted octanol–water partition coefficient (Wildman–Crippen LogP) is 2.95. The third-order valence-corrected chi connectivity index (χ3v) is 4.29. The molecule has 0 heterocycles. The van der Waals surface area contributed by atoms with Crippen molar-refractivity contribution in [2.45, 2.75) is 11.1 Å². The number of carbonyl (C=O) groups is 1. The average molecular weight is 417 g/mol. The number of benzene rings is 1. The molecular formula is C9H4BrClF5NO3S. The normalized spacial score (nSPS) is 12.3. The molecule has 0 radical (unpaired) electrons. The van der Waals surface area contributed by atoms with Gasteiger partial charge in [-0.3, -0.25) is 4.79 Å². The molecular weight excluding hydrogens is 413 g/mol. The summed E-state index contributed by atoms with van der Waals surface area (Å²) in [4.78, 5) is 10.1. The van der Waals surface area contributed by atoms with E-state index in [2.05, 4.69) is 15.9 Å². The summed E-state index contributed by atoms with van der Waals surface area (Å²) in [7, 11) is 0.217. The van der Waals surface area contributed by atoms with Gasteiger partial charge in [-0.2, -0.15) is 13.2 Å². The lowest BCUT2D eigenvalue weighted by Gasteiger charge is -2.11. The number of halogens is 7. The Labute approximate surface area is 127 Å². The molecule has 4 nitrogen and oxygen atoms in total. The van der Waals surface area contributed by atoms with Crippen LogP contribution in [0.1, 0.15) is 10.4 Å². The largest absolute Gasteiger partial charge is 0.405 e. The van der Waals surface area contributed by atoms with Crippen molar-refractivity contribution in [2.24, 2.45) is 0 Å². The zero-order valence-electron chi connectivity index (χ0n) is 9.56. The molecule has 12 heteroatoms. The van der Waals surface area contributed by atoms with Crippen molar-refractivity contribution in [2.75, 3.05) is 6.54 Å². The third kappa shape index (κ3) is 4.51. The predicted molar refractivity (Wildman–Crippen MR) is 65.5 cm³/mol. The fourth-order valence-electron chi connectivity index (χ4n) is 1.27. The monoisotopic (exact) mass is 415 g/mol. The SMILES string of the molecule is O=C(NCC(F)(F)F)c1c(F)cc(Br)c(S(=O)(=O)Cl)c1F. The van der Waals surface area contributed by atoms with Gasteiger partial charge in [0.05, 0.1) is 0 Å². The minimum Gasteiger partial charge on any atom is -0.343 e. The van der Waals surface area contributed by atoms with Gasteiger partial charge in [-0.05, 0) is 22.0 Å². The summed E-state index contributed by atoms with van der Waals surface area (Å²) >= 11 is 2.53. The number of amides is 1. The number of alkyl halides is 3. The molecule has 0 unspecified atom stereocenters. The van der Waals surface area contributed by atoms with E-state index in [0.29, 0.717) is 6.07 Å². The number of carbonyl (C=O) groups excluding carboxylic acids is 1. The van der Waals surface area contributed by atoms with E-state index in [0.717, 1.165) is 0 Å². The Morgan fingerprint density at radius 3 is 2.29 bits per heavy atom. The summed E-state index contributed by atoms with van der Waals surface area (Å²) in [5, 5.41) is 1.22. The summed E-state index contributed by atoms with van der Waals surface area (Å²) < 4.78 is 84.9. The van der Waals surface area contributed by atoms with Gasteiger partial charge in [0, 0.05) is 15.2 Å². The van der Waals surface area contributed by atoms with E-state index in [-0.39, 0.29) is 0 Å². The zero-order chi connectivity index (χ0) is 16.6. The van der Waals surface area contributed by atoms with E-state index < -0.39 is 54.2 Å². The molecule has 1 rings (SSSR count). The Bertz CT molecular complexity index is 692. The van der Waals surface area contributed by atoms with Gasteiger partial charge in [-0.25, -0.2) is 17.2 Å². The lowest BCUT2D eigenvalue weighted by molar-refractivity contribution is -0.123. The van der Waals surface area contributed by atoms with E-state index in [1.54, 1.807) is 0 Å². The van der Waals surface area contributed by atoms with Crippen LogP contribution in [0.4, 0.5) is 22.0 Å². The Kier molecular flexibility index (Phi) is 5.22. The Hall–Kier alpha value is -0.940. The van der Waals surface area contributed by atoms with Crippen molar-refractivity contribution in [3.63, 3.8) is 0 Å². The molecule has 0 spiro atoms. The summed E-state index contributed by atoms with van der Waals surface area (Å²) in [5.74, 6) is -5.21. The van der Waals surface area contributed by atoms with Crippen molar-refractivity contribution >= 4 is 41.6 Å². The maximum absolute atomic E-state index is 13.9. The van der Waals surface area contributed by atoms with E-state index >= 15 is 0 Å². The molecule has 1 aromatic rings. The second-order valence-electron chi connectivity index (χ2n) is 3.59. The Morgan fingerprint density at radius 2 is 1.86 bits per heavy atom. The highest BCUT2D eigenvalue weighted by Gasteiger charge is 2.32.